The number of rotatable bonds is 6. The zero-order valence-corrected chi connectivity index (χ0v) is 15.0. The van der Waals surface area contributed by atoms with Gasteiger partial charge >= 0.3 is 0 Å². The molecule has 24 heavy (non-hydrogen) atoms. The van der Waals surface area contributed by atoms with Crippen molar-refractivity contribution in [3.05, 3.63) is 18.5 Å². The number of likely N-dealkylation sites (tertiary alicyclic amines) is 1. The van der Waals surface area contributed by atoms with Crippen LogP contribution in [0.2, 0.25) is 0 Å². The summed E-state index contributed by atoms with van der Waals surface area (Å²) in [7, 11) is 0. The van der Waals surface area contributed by atoms with E-state index in [2.05, 4.69) is 28.7 Å². The number of morpholine rings is 1. The van der Waals surface area contributed by atoms with Crippen LogP contribution in [0.3, 0.4) is 0 Å². The molecule has 3 heterocycles. The van der Waals surface area contributed by atoms with Crippen LogP contribution >= 0.6 is 0 Å². The monoisotopic (exact) mass is 336 g/mol. The lowest BCUT2D eigenvalue weighted by Gasteiger charge is -2.39. The summed E-state index contributed by atoms with van der Waals surface area (Å²) in [6.07, 6.45) is 7.76. The maximum absolute atomic E-state index is 10.6. The van der Waals surface area contributed by atoms with Crippen molar-refractivity contribution in [1.29, 1.82) is 0 Å². The molecule has 0 saturated carbocycles. The Morgan fingerprint density at radius 1 is 1.21 bits per heavy atom. The van der Waals surface area contributed by atoms with Crippen LogP contribution in [0.5, 0.6) is 0 Å². The Bertz CT molecular complexity index is 471. The molecular weight excluding hydrogens is 304 g/mol. The van der Waals surface area contributed by atoms with E-state index in [1.54, 1.807) is 0 Å². The van der Waals surface area contributed by atoms with Crippen LogP contribution in [0.25, 0.3) is 0 Å². The molecule has 1 aromatic heterocycles. The third kappa shape index (κ3) is 5.02. The molecule has 4 atom stereocenters. The molecule has 2 saturated heterocycles. The molecule has 3 rings (SSSR count). The zero-order chi connectivity index (χ0) is 16.9. The van der Waals surface area contributed by atoms with Gasteiger partial charge in [-0.05, 0) is 39.3 Å². The topological polar surface area (TPSA) is 53.8 Å². The van der Waals surface area contributed by atoms with Gasteiger partial charge in [-0.2, -0.15) is 5.10 Å². The Kier molecular flexibility index (Phi) is 6.27. The first-order valence-electron chi connectivity index (χ1n) is 9.37. The third-order valence-electron chi connectivity index (χ3n) is 5.12. The smallest absolute Gasteiger partial charge is 0.0793 e. The van der Waals surface area contributed by atoms with E-state index < -0.39 is 0 Å². The largest absolute Gasteiger partial charge is 0.390 e. The first-order chi connectivity index (χ1) is 11.6. The van der Waals surface area contributed by atoms with Gasteiger partial charge in [0.2, 0.25) is 0 Å². The van der Waals surface area contributed by atoms with Gasteiger partial charge in [0.05, 0.1) is 24.9 Å². The second kappa shape index (κ2) is 8.43. The molecule has 2 fully saturated rings. The highest BCUT2D eigenvalue weighted by atomic mass is 16.5. The van der Waals surface area contributed by atoms with Gasteiger partial charge in [0.25, 0.3) is 0 Å². The van der Waals surface area contributed by atoms with E-state index in [4.69, 9.17) is 4.74 Å². The number of β-amino-alcohol motifs (C(OH)–C–C–N with tert-alkyl or cyclic N) is 1. The molecule has 0 aliphatic carbocycles. The molecule has 2 aliphatic heterocycles. The van der Waals surface area contributed by atoms with Crippen molar-refractivity contribution in [1.82, 2.24) is 19.6 Å². The second-order valence-corrected chi connectivity index (χ2v) is 7.50. The van der Waals surface area contributed by atoms with Crippen LogP contribution in [-0.4, -0.2) is 81.8 Å². The summed E-state index contributed by atoms with van der Waals surface area (Å²) in [4.78, 5) is 4.80. The van der Waals surface area contributed by atoms with Crippen molar-refractivity contribution >= 4 is 0 Å². The highest BCUT2D eigenvalue weighted by Crippen LogP contribution is 2.19. The molecule has 0 radical (unpaired) electrons. The third-order valence-corrected chi connectivity index (χ3v) is 5.12. The van der Waals surface area contributed by atoms with E-state index in [0.29, 0.717) is 6.04 Å². The van der Waals surface area contributed by atoms with Crippen molar-refractivity contribution in [3.63, 3.8) is 0 Å². The summed E-state index contributed by atoms with van der Waals surface area (Å²) in [6.45, 7) is 9.55. The summed E-state index contributed by atoms with van der Waals surface area (Å²) in [6, 6.07) is 2.46. The summed E-state index contributed by atoms with van der Waals surface area (Å²) in [5.41, 5.74) is 0. The minimum atomic E-state index is -0.305. The maximum Gasteiger partial charge on any atom is 0.0793 e. The standard InChI is InChI=1S/C18H32N4O2/c1-15-10-20(11-16(2)24-15)13-18(23)14-21-8-4-3-6-17(21)12-22-9-5-7-19-22/h5,7,9,15-18,23H,3-4,6,8,10-14H2,1-2H3/t15-,16-,17-,18+/m1/s1. The number of aliphatic hydroxyl groups excluding tert-OH is 1. The van der Waals surface area contributed by atoms with Crippen LogP contribution < -0.4 is 0 Å². The van der Waals surface area contributed by atoms with Crippen molar-refractivity contribution in [2.24, 2.45) is 0 Å². The van der Waals surface area contributed by atoms with Gasteiger partial charge in [-0.15, -0.1) is 0 Å². The van der Waals surface area contributed by atoms with Crippen LogP contribution in [0.15, 0.2) is 18.5 Å². The molecule has 136 valence electrons. The van der Waals surface area contributed by atoms with E-state index in [9.17, 15) is 5.11 Å². The van der Waals surface area contributed by atoms with E-state index >= 15 is 0 Å². The molecule has 6 heteroatoms. The Hall–Kier alpha value is -0.950. The predicted molar refractivity (Wildman–Crippen MR) is 93.9 cm³/mol. The fraction of sp³-hybridized carbons (Fsp3) is 0.833. The zero-order valence-electron chi connectivity index (χ0n) is 15.0. The first-order valence-corrected chi connectivity index (χ1v) is 9.37. The average molecular weight is 336 g/mol. The molecule has 1 N–H and O–H groups in total. The number of hydrogen-bond acceptors (Lipinski definition) is 5. The first kappa shape index (κ1) is 17.9. The molecule has 0 spiro atoms. The lowest BCUT2D eigenvalue weighted by Crippen LogP contribution is -2.51. The van der Waals surface area contributed by atoms with Gasteiger partial charge in [-0.3, -0.25) is 14.5 Å². The molecule has 6 nitrogen and oxygen atoms in total. The number of ether oxygens (including phenoxy) is 1. The minimum Gasteiger partial charge on any atom is -0.390 e. The average Bonchev–Trinajstić information content (AvgIpc) is 3.01. The van der Waals surface area contributed by atoms with Crippen molar-refractivity contribution in [2.45, 2.75) is 64.0 Å². The van der Waals surface area contributed by atoms with Gasteiger partial charge in [-0.25, -0.2) is 0 Å². The minimum absolute atomic E-state index is 0.253. The summed E-state index contributed by atoms with van der Waals surface area (Å²) >= 11 is 0. The molecule has 2 aliphatic rings. The highest BCUT2D eigenvalue weighted by molar-refractivity contribution is 4.84. The normalized spacial score (nSPS) is 31.2. The number of aliphatic hydroxyl groups is 1. The molecule has 1 aromatic rings. The Morgan fingerprint density at radius 3 is 2.71 bits per heavy atom. The molecule has 0 unspecified atom stereocenters. The Balaban J connectivity index is 1.50. The Morgan fingerprint density at radius 2 is 2.00 bits per heavy atom. The fourth-order valence-electron chi connectivity index (χ4n) is 4.19. The van der Waals surface area contributed by atoms with E-state index in [1.165, 1.54) is 19.3 Å². The van der Waals surface area contributed by atoms with Gasteiger partial charge in [-0.1, -0.05) is 6.42 Å². The molecule has 0 aromatic carbocycles. The Labute approximate surface area is 145 Å². The lowest BCUT2D eigenvalue weighted by atomic mass is 10.0. The van der Waals surface area contributed by atoms with Gasteiger partial charge in [0.1, 0.15) is 0 Å². The molecule has 0 amide bonds. The summed E-state index contributed by atoms with van der Waals surface area (Å²) in [5.74, 6) is 0. The van der Waals surface area contributed by atoms with Crippen LogP contribution in [0.1, 0.15) is 33.1 Å². The number of hydrogen-bond donors (Lipinski definition) is 1. The summed E-state index contributed by atoms with van der Waals surface area (Å²) < 4.78 is 7.79. The van der Waals surface area contributed by atoms with E-state index in [-0.39, 0.29) is 18.3 Å². The molecular formula is C18H32N4O2. The van der Waals surface area contributed by atoms with Crippen LogP contribution in [0, 0.1) is 0 Å². The summed E-state index contributed by atoms with van der Waals surface area (Å²) in [5, 5.41) is 15.0. The van der Waals surface area contributed by atoms with E-state index in [0.717, 1.165) is 39.3 Å². The predicted octanol–water partition coefficient (Wildman–Crippen LogP) is 1.21. The molecule has 0 bridgehead atoms. The van der Waals surface area contributed by atoms with Crippen LogP contribution in [0.4, 0.5) is 0 Å². The lowest BCUT2D eigenvalue weighted by molar-refractivity contribution is -0.0792. The van der Waals surface area contributed by atoms with Gasteiger partial charge in [0.15, 0.2) is 0 Å². The quantitative estimate of drug-likeness (QED) is 0.846. The van der Waals surface area contributed by atoms with Crippen molar-refractivity contribution in [3.8, 4) is 0 Å². The SMILES string of the molecule is C[C@@H]1CN(C[C@H](O)CN2CCCC[C@@H]2Cn2cccn2)C[C@@H](C)O1. The maximum atomic E-state index is 10.6. The number of aromatic nitrogens is 2. The van der Waals surface area contributed by atoms with Crippen LogP contribution in [-0.2, 0) is 11.3 Å². The van der Waals surface area contributed by atoms with Crippen molar-refractivity contribution < 1.29 is 9.84 Å². The van der Waals surface area contributed by atoms with Gasteiger partial charge in [0, 0.05) is 44.6 Å². The van der Waals surface area contributed by atoms with E-state index in [1.807, 2.05) is 23.1 Å². The number of piperidine rings is 1. The fourth-order valence-corrected chi connectivity index (χ4v) is 4.19. The van der Waals surface area contributed by atoms with Crippen molar-refractivity contribution in [2.75, 3.05) is 32.7 Å². The number of nitrogens with zero attached hydrogens (tertiary/aromatic N) is 4. The van der Waals surface area contributed by atoms with Gasteiger partial charge < -0.3 is 9.84 Å². The highest BCUT2D eigenvalue weighted by Gasteiger charge is 2.28. The second-order valence-electron chi connectivity index (χ2n) is 7.50.